The monoisotopic (exact) mass is 600 g/mol. The minimum atomic E-state index is -1.01. The molecule has 1 atom stereocenters. The van der Waals surface area contributed by atoms with E-state index in [0.717, 1.165) is 8.95 Å². The van der Waals surface area contributed by atoms with Crippen LogP contribution in [0.3, 0.4) is 0 Å². The third-order valence-corrected chi connectivity index (χ3v) is 6.45. The lowest BCUT2D eigenvalue weighted by molar-refractivity contribution is -0.124. The topological polar surface area (TPSA) is 81.8 Å². The van der Waals surface area contributed by atoms with Crippen LogP contribution in [0.4, 0.5) is 11.4 Å². The van der Waals surface area contributed by atoms with Gasteiger partial charge in [0.15, 0.2) is 0 Å². The number of nitrogens with zero attached hydrogens (tertiary/aromatic N) is 2. The van der Waals surface area contributed by atoms with Crippen molar-refractivity contribution in [1.29, 1.82) is 0 Å². The Hall–Kier alpha value is -3.08. The molecule has 1 saturated heterocycles. The minimum absolute atomic E-state index is 0.0851. The van der Waals surface area contributed by atoms with Crippen LogP contribution in [0.5, 0.6) is 0 Å². The summed E-state index contributed by atoms with van der Waals surface area (Å²) in [5, 5.41) is 4.16. The zero-order chi connectivity index (χ0) is 24.2. The standard InChI is InChI=1S/C24H18Br2N4O3S/c25-16-11-9-15(10-12-16)22(32)28-30-20(14-21(31)27-18-6-4-5-17(26)13-18)23(33)29(24(30)34)19-7-2-1-3-8-19/h1-13,20H,14H2,(H,27,31)(H,28,32). The Morgan fingerprint density at radius 1 is 0.912 bits per heavy atom. The number of hydrogen-bond donors (Lipinski definition) is 2. The highest BCUT2D eigenvalue weighted by Crippen LogP contribution is 2.26. The Labute approximate surface area is 218 Å². The van der Waals surface area contributed by atoms with Crippen LogP contribution >= 0.6 is 44.1 Å². The molecule has 4 rings (SSSR count). The largest absolute Gasteiger partial charge is 0.326 e. The highest BCUT2D eigenvalue weighted by atomic mass is 79.9. The van der Waals surface area contributed by atoms with E-state index in [-0.39, 0.29) is 11.5 Å². The van der Waals surface area contributed by atoms with Crippen molar-refractivity contribution in [3.63, 3.8) is 0 Å². The van der Waals surface area contributed by atoms with E-state index in [9.17, 15) is 14.4 Å². The molecular formula is C24H18Br2N4O3S. The van der Waals surface area contributed by atoms with Gasteiger partial charge in [0, 0.05) is 20.2 Å². The third-order valence-electron chi connectivity index (χ3n) is 5.04. The van der Waals surface area contributed by atoms with Gasteiger partial charge in [-0.15, -0.1) is 0 Å². The number of hydrogen-bond acceptors (Lipinski definition) is 4. The molecule has 3 amide bonds. The van der Waals surface area contributed by atoms with Gasteiger partial charge in [-0.3, -0.25) is 24.7 Å². The molecule has 1 aliphatic heterocycles. The smallest absolute Gasteiger partial charge is 0.269 e. The van der Waals surface area contributed by atoms with E-state index in [0.29, 0.717) is 16.9 Å². The Morgan fingerprint density at radius 2 is 1.62 bits per heavy atom. The van der Waals surface area contributed by atoms with Crippen molar-refractivity contribution in [3.8, 4) is 0 Å². The van der Waals surface area contributed by atoms with E-state index >= 15 is 0 Å². The second-order valence-electron chi connectivity index (χ2n) is 7.39. The Kier molecular flexibility index (Phi) is 7.40. The van der Waals surface area contributed by atoms with Gasteiger partial charge in [0.05, 0.1) is 12.1 Å². The van der Waals surface area contributed by atoms with Crippen molar-refractivity contribution in [2.24, 2.45) is 0 Å². The zero-order valence-corrected chi connectivity index (χ0v) is 21.6. The molecule has 0 aromatic heterocycles. The molecule has 34 heavy (non-hydrogen) atoms. The van der Waals surface area contributed by atoms with E-state index in [1.807, 2.05) is 12.1 Å². The highest BCUT2D eigenvalue weighted by Gasteiger charge is 2.45. The lowest BCUT2D eigenvalue weighted by atomic mass is 10.1. The number of benzene rings is 3. The number of rotatable bonds is 6. The molecule has 172 valence electrons. The number of thiocarbonyl (C=S) groups is 1. The first-order valence-electron chi connectivity index (χ1n) is 10.2. The molecule has 2 N–H and O–H groups in total. The average Bonchev–Trinajstić information content (AvgIpc) is 3.04. The molecule has 0 bridgehead atoms. The Morgan fingerprint density at radius 3 is 2.29 bits per heavy atom. The molecule has 7 nitrogen and oxygen atoms in total. The van der Waals surface area contributed by atoms with Crippen LogP contribution < -0.4 is 15.6 Å². The summed E-state index contributed by atoms with van der Waals surface area (Å²) >= 11 is 12.3. The molecule has 0 spiro atoms. The van der Waals surface area contributed by atoms with E-state index in [1.165, 1.54) is 9.91 Å². The van der Waals surface area contributed by atoms with Crippen molar-refractivity contribution in [2.45, 2.75) is 12.5 Å². The summed E-state index contributed by atoms with van der Waals surface area (Å²) in [6, 6.07) is 21.7. The highest BCUT2D eigenvalue weighted by molar-refractivity contribution is 9.10. The number of carbonyl (C=O) groups excluding carboxylic acids is 3. The number of nitrogens with one attached hydrogen (secondary N) is 2. The SMILES string of the molecule is O=C(CC1C(=O)N(c2ccccc2)C(=S)N1NC(=O)c1ccc(Br)cc1)Nc1cccc(Br)c1. The number of anilines is 2. The number of amides is 3. The minimum Gasteiger partial charge on any atom is -0.326 e. The fourth-order valence-electron chi connectivity index (χ4n) is 3.44. The zero-order valence-electron chi connectivity index (χ0n) is 17.6. The summed E-state index contributed by atoms with van der Waals surface area (Å²) in [5.41, 5.74) is 4.23. The Bertz CT molecular complexity index is 1250. The van der Waals surface area contributed by atoms with E-state index in [1.54, 1.807) is 66.7 Å². The summed E-state index contributed by atoms with van der Waals surface area (Å²) in [6.07, 6.45) is -0.213. The van der Waals surface area contributed by atoms with Gasteiger partial charge in [-0.2, -0.15) is 0 Å². The Balaban J connectivity index is 1.59. The van der Waals surface area contributed by atoms with Crippen LogP contribution in [0.15, 0.2) is 87.8 Å². The van der Waals surface area contributed by atoms with E-state index < -0.39 is 23.8 Å². The molecular weight excluding hydrogens is 584 g/mol. The molecule has 1 aliphatic rings. The van der Waals surface area contributed by atoms with Crippen LogP contribution in [0.1, 0.15) is 16.8 Å². The summed E-state index contributed by atoms with van der Waals surface area (Å²) in [6.45, 7) is 0. The number of halogens is 2. The van der Waals surface area contributed by atoms with Crippen molar-refractivity contribution >= 4 is 78.3 Å². The number of hydrazine groups is 1. The van der Waals surface area contributed by atoms with E-state index in [4.69, 9.17) is 12.2 Å². The van der Waals surface area contributed by atoms with E-state index in [2.05, 4.69) is 42.6 Å². The summed E-state index contributed by atoms with van der Waals surface area (Å²) in [7, 11) is 0. The second kappa shape index (κ2) is 10.5. The quantitative estimate of drug-likeness (QED) is 0.393. The molecule has 10 heteroatoms. The van der Waals surface area contributed by atoms with Crippen LogP contribution in [-0.4, -0.2) is 33.9 Å². The molecule has 3 aromatic carbocycles. The summed E-state index contributed by atoms with van der Waals surface area (Å²) < 4.78 is 1.63. The summed E-state index contributed by atoms with van der Waals surface area (Å²) in [5.74, 6) is -1.25. The number of carbonyl (C=O) groups is 3. The van der Waals surface area contributed by atoms with Gasteiger partial charge in [-0.05, 0) is 66.8 Å². The molecule has 1 unspecified atom stereocenters. The molecule has 0 aliphatic carbocycles. The first-order chi connectivity index (χ1) is 16.3. The van der Waals surface area contributed by atoms with Crippen LogP contribution in [0.2, 0.25) is 0 Å². The summed E-state index contributed by atoms with van der Waals surface area (Å²) in [4.78, 5) is 40.4. The molecule has 1 heterocycles. The van der Waals surface area contributed by atoms with Gasteiger partial charge in [-0.1, -0.05) is 56.1 Å². The number of para-hydroxylation sites is 1. The maximum Gasteiger partial charge on any atom is 0.269 e. The second-order valence-corrected chi connectivity index (χ2v) is 9.58. The molecule has 1 fully saturated rings. The predicted octanol–water partition coefficient (Wildman–Crippen LogP) is 4.89. The van der Waals surface area contributed by atoms with Gasteiger partial charge in [-0.25, -0.2) is 5.01 Å². The maximum absolute atomic E-state index is 13.4. The van der Waals surface area contributed by atoms with Gasteiger partial charge in [0.25, 0.3) is 11.8 Å². The predicted molar refractivity (Wildman–Crippen MR) is 141 cm³/mol. The van der Waals surface area contributed by atoms with Crippen molar-refractivity contribution in [2.75, 3.05) is 10.2 Å². The van der Waals surface area contributed by atoms with Gasteiger partial charge in [0.2, 0.25) is 11.0 Å². The molecule has 0 radical (unpaired) electrons. The average molecular weight is 602 g/mol. The van der Waals surface area contributed by atoms with Gasteiger partial charge in [0.1, 0.15) is 6.04 Å². The third kappa shape index (κ3) is 5.35. The fourth-order valence-corrected chi connectivity index (χ4v) is 4.47. The van der Waals surface area contributed by atoms with Crippen LogP contribution in [0.25, 0.3) is 0 Å². The normalized spacial score (nSPS) is 15.4. The van der Waals surface area contributed by atoms with Crippen molar-refractivity contribution in [1.82, 2.24) is 10.4 Å². The first kappa shape index (κ1) is 24.1. The van der Waals surface area contributed by atoms with Crippen LogP contribution in [-0.2, 0) is 9.59 Å². The van der Waals surface area contributed by atoms with Crippen molar-refractivity contribution in [3.05, 3.63) is 93.4 Å². The van der Waals surface area contributed by atoms with Crippen LogP contribution in [0, 0.1) is 0 Å². The first-order valence-corrected chi connectivity index (χ1v) is 12.2. The van der Waals surface area contributed by atoms with Crippen molar-refractivity contribution < 1.29 is 14.4 Å². The van der Waals surface area contributed by atoms with Gasteiger partial charge < -0.3 is 5.32 Å². The molecule has 0 saturated carbocycles. The fraction of sp³-hybridized carbons (Fsp3) is 0.0833. The maximum atomic E-state index is 13.4. The lowest BCUT2D eigenvalue weighted by Gasteiger charge is -2.24. The molecule has 3 aromatic rings. The lowest BCUT2D eigenvalue weighted by Crippen LogP contribution is -2.49. The van der Waals surface area contributed by atoms with Gasteiger partial charge >= 0.3 is 0 Å².